The van der Waals surface area contributed by atoms with Crippen molar-refractivity contribution in [3.05, 3.63) is 107 Å². The second-order valence-electron chi connectivity index (χ2n) is 7.60. The van der Waals surface area contributed by atoms with Crippen LogP contribution >= 0.6 is 0 Å². The Labute approximate surface area is 188 Å². The van der Waals surface area contributed by atoms with Crippen LogP contribution in [0, 0.1) is 13.8 Å². The third-order valence-corrected chi connectivity index (χ3v) is 5.41. The Morgan fingerprint density at radius 3 is 2.34 bits per heavy atom. The van der Waals surface area contributed by atoms with Gasteiger partial charge in [0.25, 0.3) is 0 Å². The van der Waals surface area contributed by atoms with Gasteiger partial charge in [0.15, 0.2) is 0 Å². The molecule has 0 saturated heterocycles. The lowest BCUT2D eigenvalue weighted by atomic mass is 10.1. The molecule has 0 fully saturated rings. The number of hydrogen-bond acceptors (Lipinski definition) is 3. The molecule has 0 aliphatic carbocycles. The molecule has 0 spiro atoms. The Hall–Kier alpha value is -3.92. The van der Waals surface area contributed by atoms with Crippen molar-refractivity contribution in [2.24, 2.45) is 4.99 Å². The van der Waals surface area contributed by atoms with Crippen LogP contribution in [0.25, 0.3) is 16.8 Å². The first-order valence-electron chi connectivity index (χ1n) is 10.7. The van der Waals surface area contributed by atoms with E-state index in [-0.39, 0.29) is 5.97 Å². The van der Waals surface area contributed by atoms with Crippen molar-refractivity contribution in [1.29, 1.82) is 0 Å². The Morgan fingerprint density at radius 2 is 1.62 bits per heavy atom. The third kappa shape index (κ3) is 4.54. The fourth-order valence-electron chi connectivity index (χ4n) is 3.82. The lowest BCUT2D eigenvalue weighted by molar-refractivity contribution is 0.0526. The molecule has 0 aliphatic heterocycles. The first-order chi connectivity index (χ1) is 15.6. The maximum absolute atomic E-state index is 12.1. The largest absolute Gasteiger partial charge is 0.462 e. The summed E-state index contributed by atoms with van der Waals surface area (Å²) < 4.78 is 7.27. The second-order valence-corrected chi connectivity index (χ2v) is 7.60. The quantitative estimate of drug-likeness (QED) is 0.257. The minimum atomic E-state index is -0.308. The average molecular weight is 423 g/mol. The van der Waals surface area contributed by atoms with Gasteiger partial charge in [-0.15, -0.1) is 0 Å². The van der Waals surface area contributed by atoms with E-state index in [4.69, 9.17) is 4.74 Å². The predicted molar refractivity (Wildman–Crippen MR) is 130 cm³/mol. The van der Waals surface area contributed by atoms with Gasteiger partial charge >= 0.3 is 5.97 Å². The minimum Gasteiger partial charge on any atom is -0.462 e. The number of carbonyl (C=O) groups is 1. The fourth-order valence-corrected chi connectivity index (χ4v) is 3.82. The van der Waals surface area contributed by atoms with Gasteiger partial charge in [0.05, 0.1) is 17.9 Å². The summed E-state index contributed by atoms with van der Waals surface area (Å²) in [6.45, 7) is 6.28. The Bertz CT molecular complexity index is 1250. The van der Waals surface area contributed by atoms with Gasteiger partial charge in [-0.05, 0) is 68.3 Å². The van der Waals surface area contributed by atoms with E-state index in [0.717, 1.165) is 28.3 Å². The van der Waals surface area contributed by atoms with Gasteiger partial charge in [0.1, 0.15) is 0 Å². The number of aromatic nitrogens is 1. The summed E-state index contributed by atoms with van der Waals surface area (Å²) in [5, 5.41) is 0. The molecule has 0 atom stereocenters. The molecule has 0 radical (unpaired) electrons. The van der Waals surface area contributed by atoms with Crippen molar-refractivity contribution in [2.75, 3.05) is 6.61 Å². The molecule has 0 N–H and O–H groups in total. The molecule has 4 nitrogen and oxygen atoms in total. The molecule has 1 aromatic heterocycles. The minimum absolute atomic E-state index is 0.308. The third-order valence-electron chi connectivity index (χ3n) is 5.41. The van der Waals surface area contributed by atoms with Gasteiger partial charge in [-0.1, -0.05) is 48.5 Å². The number of hydrogen-bond donors (Lipinski definition) is 0. The van der Waals surface area contributed by atoms with E-state index in [1.54, 1.807) is 6.07 Å². The second kappa shape index (κ2) is 9.48. The zero-order valence-corrected chi connectivity index (χ0v) is 18.6. The molecule has 4 aromatic rings. The molecule has 4 heteroatoms. The Morgan fingerprint density at radius 1 is 0.906 bits per heavy atom. The van der Waals surface area contributed by atoms with Gasteiger partial charge in [-0.3, -0.25) is 4.99 Å². The summed E-state index contributed by atoms with van der Waals surface area (Å²) in [4.78, 5) is 16.8. The zero-order chi connectivity index (χ0) is 22.5. The summed E-state index contributed by atoms with van der Waals surface area (Å²) >= 11 is 0. The summed E-state index contributed by atoms with van der Waals surface area (Å²) in [5.41, 5.74) is 7.91. The maximum Gasteiger partial charge on any atom is 0.338 e. The summed E-state index contributed by atoms with van der Waals surface area (Å²) in [6, 6.07) is 28.2. The summed E-state index contributed by atoms with van der Waals surface area (Å²) in [5.74, 6) is -0.308. The van der Waals surface area contributed by atoms with Crippen LogP contribution in [-0.4, -0.2) is 23.4 Å². The van der Waals surface area contributed by atoms with Crippen molar-refractivity contribution in [3.8, 4) is 16.8 Å². The van der Waals surface area contributed by atoms with Crippen molar-refractivity contribution in [2.45, 2.75) is 20.8 Å². The zero-order valence-electron chi connectivity index (χ0n) is 18.6. The highest BCUT2D eigenvalue weighted by Gasteiger charge is 2.12. The molecular weight excluding hydrogens is 396 g/mol. The van der Waals surface area contributed by atoms with E-state index >= 15 is 0 Å². The maximum atomic E-state index is 12.1. The number of esters is 1. The molecular formula is C28H26N2O2. The highest BCUT2D eigenvalue weighted by atomic mass is 16.5. The molecule has 32 heavy (non-hydrogen) atoms. The lowest BCUT2D eigenvalue weighted by Crippen LogP contribution is -2.06. The average Bonchev–Trinajstić information content (AvgIpc) is 3.11. The van der Waals surface area contributed by atoms with E-state index in [2.05, 4.69) is 53.7 Å². The molecule has 4 rings (SSSR count). The topological polar surface area (TPSA) is 43.6 Å². The molecule has 1 heterocycles. The normalized spacial score (nSPS) is 11.1. The van der Waals surface area contributed by atoms with Gasteiger partial charge in [0.2, 0.25) is 0 Å². The van der Waals surface area contributed by atoms with E-state index in [9.17, 15) is 4.79 Å². The molecule has 0 amide bonds. The van der Waals surface area contributed by atoms with E-state index in [0.29, 0.717) is 12.2 Å². The highest BCUT2D eigenvalue weighted by Crippen LogP contribution is 2.24. The van der Waals surface area contributed by atoms with Crippen LogP contribution < -0.4 is 0 Å². The van der Waals surface area contributed by atoms with Gasteiger partial charge in [0, 0.05) is 28.9 Å². The molecule has 0 bridgehead atoms. The first-order valence-corrected chi connectivity index (χ1v) is 10.7. The molecule has 3 aromatic carbocycles. The number of nitrogens with zero attached hydrogens (tertiary/aromatic N) is 2. The standard InChI is InChI=1S/C28H26N2O2/c1-4-32-28(31)24-11-8-12-27(18-24)30-20(2)17-25(21(30)3)19-29-26-15-13-23(14-16-26)22-9-6-5-7-10-22/h5-19H,4H2,1-3H3. The number of carbonyl (C=O) groups excluding carboxylic acids is 1. The van der Waals surface area contributed by atoms with Crippen molar-refractivity contribution in [1.82, 2.24) is 4.57 Å². The summed E-state index contributed by atoms with van der Waals surface area (Å²) in [7, 11) is 0. The van der Waals surface area contributed by atoms with Crippen LogP contribution in [0.1, 0.15) is 34.2 Å². The van der Waals surface area contributed by atoms with Crippen LogP contribution in [0.15, 0.2) is 89.9 Å². The van der Waals surface area contributed by atoms with Gasteiger partial charge in [-0.2, -0.15) is 0 Å². The van der Waals surface area contributed by atoms with Crippen LogP contribution in [0.3, 0.4) is 0 Å². The number of benzene rings is 3. The van der Waals surface area contributed by atoms with Crippen molar-refractivity contribution < 1.29 is 9.53 Å². The molecule has 0 aliphatic rings. The monoisotopic (exact) mass is 422 g/mol. The highest BCUT2D eigenvalue weighted by molar-refractivity contribution is 5.90. The van der Waals surface area contributed by atoms with E-state index in [1.807, 2.05) is 61.7 Å². The SMILES string of the molecule is CCOC(=O)c1cccc(-n2c(C)cc(C=Nc3ccc(-c4ccccc4)cc3)c2C)c1. The summed E-state index contributed by atoms with van der Waals surface area (Å²) in [6.07, 6.45) is 1.89. The van der Waals surface area contributed by atoms with E-state index in [1.165, 1.54) is 11.1 Å². The lowest BCUT2D eigenvalue weighted by Gasteiger charge is -2.11. The Kier molecular flexibility index (Phi) is 6.31. The van der Waals surface area contributed by atoms with E-state index < -0.39 is 0 Å². The number of aryl methyl sites for hydroxylation is 1. The van der Waals surface area contributed by atoms with Crippen LogP contribution in [-0.2, 0) is 4.74 Å². The van der Waals surface area contributed by atoms with Gasteiger partial charge < -0.3 is 9.30 Å². The van der Waals surface area contributed by atoms with Gasteiger partial charge in [-0.25, -0.2) is 4.79 Å². The molecule has 160 valence electrons. The first kappa shape index (κ1) is 21.3. The molecule has 0 saturated carbocycles. The van der Waals surface area contributed by atoms with Crippen molar-refractivity contribution >= 4 is 17.9 Å². The fraction of sp³-hybridized carbons (Fsp3) is 0.143. The van der Waals surface area contributed by atoms with Crippen molar-refractivity contribution in [3.63, 3.8) is 0 Å². The van der Waals surface area contributed by atoms with Crippen LogP contribution in [0.4, 0.5) is 5.69 Å². The Balaban J connectivity index is 1.58. The van der Waals surface area contributed by atoms with Crippen LogP contribution in [0.2, 0.25) is 0 Å². The molecule has 0 unspecified atom stereocenters. The smallest absolute Gasteiger partial charge is 0.338 e. The number of rotatable bonds is 6. The van der Waals surface area contributed by atoms with Crippen LogP contribution in [0.5, 0.6) is 0 Å². The number of ether oxygens (including phenoxy) is 1. The predicted octanol–water partition coefficient (Wildman–Crippen LogP) is 6.69. The number of aliphatic imine (C=N–C) groups is 1.